The first-order chi connectivity index (χ1) is 11.5. The third kappa shape index (κ3) is 3.70. The van der Waals surface area contributed by atoms with Gasteiger partial charge >= 0.3 is 6.09 Å². The highest BCUT2D eigenvalue weighted by Gasteiger charge is 2.45. The van der Waals surface area contributed by atoms with Gasteiger partial charge in [0.1, 0.15) is 6.61 Å². The number of carbonyl (C=O) groups excluding carboxylic acids is 2. The van der Waals surface area contributed by atoms with Crippen LogP contribution in [0.5, 0.6) is 0 Å². The largest absolute Gasteiger partial charge is 0.449 e. The van der Waals surface area contributed by atoms with Crippen LogP contribution < -0.4 is 0 Å². The van der Waals surface area contributed by atoms with Crippen molar-refractivity contribution in [3.63, 3.8) is 0 Å². The minimum absolute atomic E-state index is 0.0301. The Hall–Kier alpha value is -2.08. The maximum Gasteiger partial charge on any atom is 0.409 e. The summed E-state index contributed by atoms with van der Waals surface area (Å²) in [5.41, 5.74) is 1.08. The van der Waals surface area contributed by atoms with Gasteiger partial charge < -0.3 is 19.3 Å². The summed E-state index contributed by atoms with van der Waals surface area (Å²) in [5, 5.41) is 0. The number of hydrogen-bond acceptors (Lipinski definition) is 4. The second-order valence-corrected chi connectivity index (χ2v) is 6.80. The SMILES string of the molecule is CC(C)COC(=O)N1C[C@@H]2OCC(=O)N(Cc3ccccc3)[C@@H]2C1. The summed E-state index contributed by atoms with van der Waals surface area (Å²) in [5.74, 6) is 0.267. The first kappa shape index (κ1) is 16.8. The third-order valence-electron chi connectivity index (χ3n) is 4.37. The lowest BCUT2D eigenvalue weighted by molar-refractivity contribution is -0.153. The van der Waals surface area contributed by atoms with Crippen molar-refractivity contribution in [2.75, 3.05) is 26.3 Å². The molecule has 6 heteroatoms. The predicted octanol–water partition coefficient (Wildman–Crippen LogP) is 1.89. The van der Waals surface area contributed by atoms with Crippen LogP contribution in [0.15, 0.2) is 30.3 Å². The number of hydrogen-bond donors (Lipinski definition) is 0. The maximum absolute atomic E-state index is 12.3. The molecule has 2 saturated heterocycles. The van der Waals surface area contributed by atoms with E-state index in [1.54, 1.807) is 4.90 Å². The molecule has 2 amide bonds. The molecule has 1 aromatic rings. The Balaban J connectivity index is 1.66. The lowest BCUT2D eigenvalue weighted by Crippen LogP contribution is -2.53. The highest BCUT2D eigenvalue weighted by molar-refractivity contribution is 5.79. The molecule has 0 unspecified atom stereocenters. The van der Waals surface area contributed by atoms with Crippen molar-refractivity contribution in [2.24, 2.45) is 5.92 Å². The van der Waals surface area contributed by atoms with Gasteiger partial charge in [0.25, 0.3) is 0 Å². The van der Waals surface area contributed by atoms with Crippen molar-refractivity contribution in [1.82, 2.24) is 9.80 Å². The molecule has 3 rings (SSSR count). The number of benzene rings is 1. The van der Waals surface area contributed by atoms with Gasteiger partial charge in [0.05, 0.1) is 25.3 Å². The van der Waals surface area contributed by atoms with Crippen molar-refractivity contribution < 1.29 is 19.1 Å². The molecule has 0 saturated carbocycles. The van der Waals surface area contributed by atoms with Gasteiger partial charge in [0.15, 0.2) is 0 Å². The van der Waals surface area contributed by atoms with Crippen LogP contribution in [0.3, 0.4) is 0 Å². The fraction of sp³-hybridized carbons (Fsp3) is 0.556. The van der Waals surface area contributed by atoms with Crippen LogP contribution >= 0.6 is 0 Å². The quantitative estimate of drug-likeness (QED) is 0.845. The molecule has 2 aliphatic heterocycles. The van der Waals surface area contributed by atoms with E-state index in [0.717, 1.165) is 5.56 Å². The van der Waals surface area contributed by atoms with Crippen molar-refractivity contribution in [1.29, 1.82) is 0 Å². The molecule has 24 heavy (non-hydrogen) atoms. The van der Waals surface area contributed by atoms with Gasteiger partial charge in [-0.05, 0) is 11.5 Å². The third-order valence-corrected chi connectivity index (χ3v) is 4.37. The maximum atomic E-state index is 12.3. The van der Waals surface area contributed by atoms with E-state index in [2.05, 4.69) is 0 Å². The lowest BCUT2D eigenvalue weighted by Gasteiger charge is -2.36. The van der Waals surface area contributed by atoms with Gasteiger partial charge in [-0.15, -0.1) is 0 Å². The number of amides is 2. The van der Waals surface area contributed by atoms with Crippen molar-refractivity contribution in [3.8, 4) is 0 Å². The molecule has 0 radical (unpaired) electrons. The Kier molecular flexibility index (Phi) is 5.04. The van der Waals surface area contributed by atoms with Gasteiger partial charge in [-0.3, -0.25) is 4.79 Å². The Morgan fingerprint density at radius 3 is 2.75 bits per heavy atom. The summed E-state index contributed by atoms with van der Waals surface area (Å²) >= 11 is 0. The van der Waals surface area contributed by atoms with E-state index in [4.69, 9.17) is 9.47 Å². The molecule has 2 heterocycles. The van der Waals surface area contributed by atoms with E-state index in [0.29, 0.717) is 32.2 Å². The highest BCUT2D eigenvalue weighted by Crippen LogP contribution is 2.25. The molecular formula is C18H24N2O4. The first-order valence-electron chi connectivity index (χ1n) is 8.41. The average molecular weight is 332 g/mol. The Labute approximate surface area is 142 Å². The van der Waals surface area contributed by atoms with E-state index >= 15 is 0 Å². The van der Waals surface area contributed by atoms with E-state index in [1.165, 1.54) is 0 Å². The van der Waals surface area contributed by atoms with E-state index in [9.17, 15) is 9.59 Å². The van der Waals surface area contributed by atoms with E-state index in [-0.39, 0.29) is 30.8 Å². The molecule has 2 aliphatic rings. The summed E-state index contributed by atoms with van der Waals surface area (Å²) < 4.78 is 10.9. The van der Waals surface area contributed by atoms with Crippen LogP contribution in [0.4, 0.5) is 4.79 Å². The smallest absolute Gasteiger partial charge is 0.409 e. The number of carbonyl (C=O) groups is 2. The zero-order valence-electron chi connectivity index (χ0n) is 14.2. The summed E-state index contributed by atoms with van der Waals surface area (Å²) in [6.07, 6.45) is -0.466. The molecule has 0 aromatic heterocycles. The van der Waals surface area contributed by atoms with Crippen molar-refractivity contribution in [2.45, 2.75) is 32.5 Å². The zero-order valence-corrected chi connectivity index (χ0v) is 14.2. The van der Waals surface area contributed by atoms with Gasteiger partial charge in [-0.2, -0.15) is 0 Å². The summed E-state index contributed by atoms with van der Waals surface area (Å²) in [7, 11) is 0. The lowest BCUT2D eigenvalue weighted by atomic mass is 10.1. The molecule has 0 bridgehead atoms. The highest BCUT2D eigenvalue weighted by atomic mass is 16.6. The summed E-state index contributed by atoms with van der Waals surface area (Å²) in [6.45, 7) is 5.95. The van der Waals surface area contributed by atoms with E-state index in [1.807, 2.05) is 49.1 Å². The van der Waals surface area contributed by atoms with Crippen LogP contribution in [-0.4, -0.2) is 60.2 Å². The van der Waals surface area contributed by atoms with Crippen LogP contribution in [-0.2, 0) is 20.8 Å². The Morgan fingerprint density at radius 2 is 2.04 bits per heavy atom. The van der Waals surface area contributed by atoms with Crippen molar-refractivity contribution in [3.05, 3.63) is 35.9 Å². The number of nitrogens with zero attached hydrogens (tertiary/aromatic N) is 2. The Morgan fingerprint density at radius 1 is 1.29 bits per heavy atom. The molecule has 6 nitrogen and oxygen atoms in total. The normalized spacial score (nSPS) is 23.5. The van der Waals surface area contributed by atoms with Crippen LogP contribution in [0.2, 0.25) is 0 Å². The van der Waals surface area contributed by atoms with Crippen molar-refractivity contribution >= 4 is 12.0 Å². The van der Waals surface area contributed by atoms with E-state index < -0.39 is 0 Å². The van der Waals surface area contributed by atoms with Gasteiger partial charge in [0.2, 0.25) is 5.91 Å². The minimum atomic E-state index is -0.325. The standard InChI is InChI=1S/C18H24N2O4/c1-13(2)11-24-18(22)19-9-15-16(10-19)23-12-17(21)20(15)8-14-6-4-3-5-7-14/h3-7,13,15-16H,8-12H2,1-2H3/t15-,16+/m1/s1. The number of fused-ring (bicyclic) bond motifs is 1. The fourth-order valence-corrected chi connectivity index (χ4v) is 3.13. The molecule has 2 fully saturated rings. The van der Waals surface area contributed by atoms with Crippen LogP contribution in [0.1, 0.15) is 19.4 Å². The first-order valence-corrected chi connectivity index (χ1v) is 8.41. The molecule has 0 spiro atoms. The summed E-state index contributed by atoms with van der Waals surface area (Å²) in [4.78, 5) is 28.0. The predicted molar refractivity (Wildman–Crippen MR) is 88.3 cm³/mol. The molecule has 0 N–H and O–H groups in total. The number of rotatable bonds is 4. The second kappa shape index (κ2) is 7.21. The number of ether oxygens (including phenoxy) is 2. The minimum Gasteiger partial charge on any atom is -0.449 e. The topological polar surface area (TPSA) is 59.1 Å². The Bertz CT molecular complexity index is 590. The van der Waals surface area contributed by atoms with Gasteiger partial charge in [0, 0.05) is 13.1 Å². The zero-order chi connectivity index (χ0) is 17.1. The second-order valence-electron chi connectivity index (χ2n) is 6.80. The molecular weight excluding hydrogens is 308 g/mol. The average Bonchev–Trinajstić information content (AvgIpc) is 3.01. The molecule has 1 aromatic carbocycles. The van der Waals surface area contributed by atoms with Crippen LogP contribution in [0.25, 0.3) is 0 Å². The molecule has 0 aliphatic carbocycles. The van der Waals surface area contributed by atoms with Crippen LogP contribution in [0, 0.1) is 5.92 Å². The fourth-order valence-electron chi connectivity index (χ4n) is 3.13. The molecule has 2 atom stereocenters. The summed E-state index contributed by atoms with van der Waals surface area (Å²) in [6, 6.07) is 9.76. The monoisotopic (exact) mass is 332 g/mol. The van der Waals surface area contributed by atoms with Gasteiger partial charge in [-0.1, -0.05) is 44.2 Å². The number of morpholine rings is 1. The number of likely N-dealkylation sites (tertiary alicyclic amines) is 1. The van der Waals surface area contributed by atoms with Gasteiger partial charge in [-0.25, -0.2) is 4.79 Å². The molecule has 130 valence electrons.